The van der Waals surface area contributed by atoms with Crippen LogP contribution in [0.25, 0.3) is 11.3 Å². The molecule has 32 heavy (non-hydrogen) atoms. The predicted molar refractivity (Wildman–Crippen MR) is 126 cm³/mol. The van der Waals surface area contributed by atoms with E-state index in [0.29, 0.717) is 29.2 Å². The van der Waals surface area contributed by atoms with Gasteiger partial charge in [0.2, 0.25) is 0 Å². The second kappa shape index (κ2) is 9.13. The van der Waals surface area contributed by atoms with Crippen LogP contribution in [0.3, 0.4) is 0 Å². The first kappa shape index (κ1) is 22.0. The lowest BCUT2D eigenvalue weighted by atomic mass is 10.1. The average molecular weight is 454 g/mol. The van der Waals surface area contributed by atoms with Crippen LogP contribution in [-0.4, -0.2) is 50.7 Å². The number of benzene rings is 2. The van der Waals surface area contributed by atoms with Crippen molar-refractivity contribution in [1.29, 1.82) is 0 Å². The Balaban J connectivity index is 1.59. The summed E-state index contributed by atoms with van der Waals surface area (Å²) in [4.78, 5) is 10.7. The quantitative estimate of drug-likeness (QED) is 0.592. The summed E-state index contributed by atoms with van der Waals surface area (Å²) in [6, 6.07) is 12.8. The first-order valence-electron chi connectivity index (χ1n) is 10.4. The Labute approximate surface area is 188 Å². The Kier molecular flexibility index (Phi) is 6.29. The van der Waals surface area contributed by atoms with Gasteiger partial charge in [-0.25, -0.2) is 8.42 Å². The Morgan fingerprint density at radius 2 is 1.78 bits per heavy atom. The second-order valence-electron chi connectivity index (χ2n) is 7.98. The molecular weight excluding hydrogens is 426 g/mol. The highest BCUT2D eigenvalue weighted by Crippen LogP contribution is 2.32. The fourth-order valence-corrected chi connectivity index (χ4v) is 5.03. The standard InChI is InChI=1S/C23H27N5O3S/c1-16-14-28(15-17(2)26-16)19-6-9-23(31-3)21(12-19)27-32(29,30)20-7-4-18(5-8-20)22-13-24-10-11-25-22/h4-13,16-17,26-27H,14-15H2,1-3H3/t16-,17+. The molecule has 2 aromatic carbocycles. The minimum Gasteiger partial charge on any atom is -0.495 e. The molecule has 0 bridgehead atoms. The zero-order valence-corrected chi connectivity index (χ0v) is 19.1. The molecule has 8 nitrogen and oxygen atoms in total. The number of nitrogens with one attached hydrogen (secondary N) is 2. The van der Waals surface area contributed by atoms with Crippen molar-refractivity contribution in [1.82, 2.24) is 15.3 Å². The van der Waals surface area contributed by atoms with E-state index in [1.807, 2.05) is 12.1 Å². The van der Waals surface area contributed by atoms with E-state index >= 15 is 0 Å². The molecule has 9 heteroatoms. The third-order valence-electron chi connectivity index (χ3n) is 5.37. The molecule has 1 aromatic heterocycles. The lowest BCUT2D eigenvalue weighted by molar-refractivity contribution is 0.406. The minimum atomic E-state index is -3.81. The minimum absolute atomic E-state index is 0.155. The number of hydrogen-bond acceptors (Lipinski definition) is 7. The fraction of sp³-hybridized carbons (Fsp3) is 0.304. The molecule has 0 radical (unpaired) electrons. The molecule has 1 fully saturated rings. The monoisotopic (exact) mass is 453 g/mol. The van der Waals surface area contributed by atoms with Crippen LogP contribution < -0.4 is 19.7 Å². The van der Waals surface area contributed by atoms with Crippen molar-refractivity contribution in [3.63, 3.8) is 0 Å². The van der Waals surface area contributed by atoms with Gasteiger partial charge in [0.05, 0.1) is 29.6 Å². The van der Waals surface area contributed by atoms with Crippen molar-refractivity contribution >= 4 is 21.4 Å². The lowest BCUT2D eigenvalue weighted by Crippen LogP contribution is -2.54. The van der Waals surface area contributed by atoms with E-state index in [9.17, 15) is 8.42 Å². The molecule has 2 heterocycles. The maximum atomic E-state index is 13.1. The number of hydrogen-bond donors (Lipinski definition) is 2. The Morgan fingerprint density at radius 1 is 1.06 bits per heavy atom. The fourth-order valence-electron chi connectivity index (χ4n) is 3.97. The van der Waals surface area contributed by atoms with Gasteiger partial charge in [0.15, 0.2) is 0 Å². The first-order valence-corrected chi connectivity index (χ1v) is 11.9. The average Bonchev–Trinajstić information content (AvgIpc) is 2.79. The molecule has 1 aliphatic heterocycles. The molecule has 4 rings (SSSR count). The van der Waals surface area contributed by atoms with Gasteiger partial charge in [0, 0.05) is 48.8 Å². The maximum absolute atomic E-state index is 13.1. The van der Waals surface area contributed by atoms with Gasteiger partial charge >= 0.3 is 0 Å². The molecule has 1 aliphatic rings. The number of nitrogens with zero attached hydrogens (tertiary/aromatic N) is 3. The molecule has 2 atom stereocenters. The van der Waals surface area contributed by atoms with Gasteiger partial charge in [0.1, 0.15) is 5.75 Å². The number of ether oxygens (including phenoxy) is 1. The van der Waals surface area contributed by atoms with Gasteiger partial charge in [0.25, 0.3) is 10.0 Å². The summed E-state index contributed by atoms with van der Waals surface area (Å²) >= 11 is 0. The Bertz CT molecular complexity index is 1160. The molecule has 0 saturated carbocycles. The van der Waals surface area contributed by atoms with Crippen molar-refractivity contribution in [3.05, 3.63) is 61.1 Å². The van der Waals surface area contributed by atoms with Crippen LogP contribution in [0.4, 0.5) is 11.4 Å². The maximum Gasteiger partial charge on any atom is 0.262 e. The molecule has 0 spiro atoms. The molecule has 3 aromatic rings. The lowest BCUT2D eigenvalue weighted by Gasteiger charge is -2.38. The van der Waals surface area contributed by atoms with Crippen LogP contribution >= 0.6 is 0 Å². The third kappa shape index (κ3) is 4.84. The van der Waals surface area contributed by atoms with E-state index in [1.165, 1.54) is 7.11 Å². The SMILES string of the molecule is COc1ccc(N2C[C@@H](C)N[C@@H](C)C2)cc1NS(=O)(=O)c1ccc(-c2cnccn2)cc1. The molecular formula is C23H27N5O3S. The summed E-state index contributed by atoms with van der Waals surface area (Å²) in [5.41, 5.74) is 2.82. The highest BCUT2D eigenvalue weighted by molar-refractivity contribution is 7.92. The predicted octanol–water partition coefficient (Wildman–Crippen LogP) is 3.14. The van der Waals surface area contributed by atoms with Crippen LogP contribution in [0.2, 0.25) is 0 Å². The topological polar surface area (TPSA) is 96.5 Å². The van der Waals surface area contributed by atoms with Gasteiger partial charge in [-0.2, -0.15) is 0 Å². The van der Waals surface area contributed by atoms with E-state index in [4.69, 9.17) is 4.74 Å². The van der Waals surface area contributed by atoms with E-state index in [1.54, 1.807) is 48.9 Å². The normalized spacial score (nSPS) is 18.9. The Hall–Kier alpha value is -3.17. The van der Waals surface area contributed by atoms with E-state index < -0.39 is 10.0 Å². The van der Waals surface area contributed by atoms with Gasteiger partial charge < -0.3 is 15.0 Å². The third-order valence-corrected chi connectivity index (χ3v) is 6.76. The van der Waals surface area contributed by atoms with E-state index in [-0.39, 0.29) is 4.90 Å². The highest BCUT2D eigenvalue weighted by Gasteiger charge is 2.23. The molecule has 168 valence electrons. The number of sulfonamides is 1. The molecule has 2 N–H and O–H groups in total. The Morgan fingerprint density at radius 3 is 2.41 bits per heavy atom. The smallest absolute Gasteiger partial charge is 0.262 e. The van der Waals surface area contributed by atoms with E-state index in [0.717, 1.165) is 24.3 Å². The van der Waals surface area contributed by atoms with Gasteiger partial charge in [-0.3, -0.25) is 14.7 Å². The van der Waals surface area contributed by atoms with Gasteiger partial charge in [-0.1, -0.05) is 12.1 Å². The van der Waals surface area contributed by atoms with Crippen molar-refractivity contribution in [2.45, 2.75) is 30.8 Å². The number of piperazine rings is 1. The number of methoxy groups -OCH3 is 1. The van der Waals surface area contributed by atoms with Crippen LogP contribution in [0.1, 0.15) is 13.8 Å². The summed E-state index contributed by atoms with van der Waals surface area (Å²) in [7, 11) is -2.29. The highest BCUT2D eigenvalue weighted by atomic mass is 32.2. The number of anilines is 2. The van der Waals surface area contributed by atoms with Crippen LogP contribution in [0.15, 0.2) is 66.0 Å². The van der Waals surface area contributed by atoms with Crippen molar-refractivity contribution in [2.75, 3.05) is 29.8 Å². The van der Waals surface area contributed by atoms with Crippen molar-refractivity contribution in [3.8, 4) is 17.0 Å². The summed E-state index contributed by atoms with van der Waals surface area (Å²) in [5, 5.41) is 3.51. The van der Waals surface area contributed by atoms with Crippen molar-refractivity contribution in [2.24, 2.45) is 0 Å². The van der Waals surface area contributed by atoms with Gasteiger partial charge in [-0.05, 0) is 44.2 Å². The molecule has 0 unspecified atom stereocenters. The summed E-state index contributed by atoms with van der Waals surface area (Å²) in [6.45, 7) is 5.96. The van der Waals surface area contributed by atoms with Crippen molar-refractivity contribution < 1.29 is 13.2 Å². The van der Waals surface area contributed by atoms with E-state index in [2.05, 4.69) is 38.8 Å². The zero-order chi connectivity index (χ0) is 22.7. The van der Waals surface area contributed by atoms with Crippen LogP contribution in [-0.2, 0) is 10.0 Å². The molecule has 1 saturated heterocycles. The summed E-state index contributed by atoms with van der Waals surface area (Å²) < 4.78 is 34.3. The molecule has 0 aliphatic carbocycles. The summed E-state index contributed by atoms with van der Waals surface area (Å²) in [6.07, 6.45) is 4.83. The van der Waals surface area contributed by atoms with Gasteiger partial charge in [-0.15, -0.1) is 0 Å². The molecule has 0 amide bonds. The number of aromatic nitrogens is 2. The first-order chi connectivity index (χ1) is 15.4. The largest absolute Gasteiger partial charge is 0.495 e. The van der Waals surface area contributed by atoms with Crippen LogP contribution in [0.5, 0.6) is 5.75 Å². The zero-order valence-electron chi connectivity index (χ0n) is 18.3. The number of rotatable bonds is 6. The second-order valence-corrected chi connectivity index (χ2v) is 9.66. The van der Waals surface area contributed by atoms with Crippen LogP contribution in [0, 0.1) is 0 Å². The summed E-state index contributed by atoms with van der Waals surface area (Å²) in [5.74, 6) is 0.463.